The molecule has 17 heavy (non-hydrogen) atoms. The number of aliphatic carboxylic acids is 1. The molecule has 1 aromatic rings. The Morgan fingerprint density at radius 3 is 2.59 bits per heavy atom. The second-order valence-electron chi connectivity index (χ2n) is 2.87. The Hall–Kier alpha value is -1.25. The second-order valence-corrected chi connectivity index (χ2v) is 4.03. The van der Waals surface area contributed by atoms with Crippen LogP contribution >= 0.6 is 22.6 Å². The first-order chi connectivity index (χ1) is 7.79. The van der Waals surface area contributed by atoms with E-state index < -0.39 is 18.1 Å². The van der Waals surface area contributed by atoms with E-state index in [4.69, 9.17) is 5.11 Å². The smallest absolute Gasteiger partial charge is 0.478 e. The van der Waals surface area contributed by atoms with Crippen LogP contribution < -0.4 is 4.74 Å². The van der Waals surface area contributed by atoms with Crippen LogP contribution in [-0.2, 0) is 4.79 Å². The van der Waals surface area contributed by atoms with Crippen LogP contribution in [0.1, 0.15) is 5.56 Å². The maximum absolute atomic E-state index is 12.1. The lowest BCUT2D eigenvalue weighted by Crippen LogP contribution is -2.18. The highest BCUT2D eigenvalue weighted by atomic mass is 127. The Labute approximate surface area is 108 Å². The summed E-state index contributed by atoms with van der Waals surface area (Å²) in [6.45, 7) is 0. The predicted octanol–water partition coefficient (Wildman–Crippen LogP) is 3.29. The minimum atomic E-state index is -4.81. The first-order valence-corrected chi connectivity index (χ1v) is 5.33. The van der Waals surface area contributed by atoms with Gasteiger partial charge in [-0.2, -0.15) is 0 Å². The number of ether oxygens (including phenoxy) is 1. The van der Waals surface area contributed by atoms with E-state index in [0.29, 0.717) is 3.57 Å². The van der Waals surface area contributed by atoms with Crippen molar-refractivity contribution in [2.75, 3.05) is 0 Å². The van der Waals surface area contributed by atoms with Gasteiger partial charge in [0.2, 0.25) is 0 Å². The van der Waals surface area contributed by atoms with Crippen molar-refractivity contribution in [1.82, 2.24) is 0 Å². The first kappa shape index (κ1) is 13.8. The summed E-state index contributed by atoms with van der Waals surface area (Å²) < 4.78 is 40.5. The molecule has 0 fully saturated rings. The number of carboxylic acids is 1. The van der Waals surface area contributed by atoms with E-state index in [1.807, 2.05) is 0 Å². The molecule has 1 N–H and O–H groups in total. The third kappa shape index (κ3) is 4.63. The van der Waals surface area contributed by atoms with Gasteiger partial charge in [0, 0.05) is 15.2 Å². The highest BCUT2D eigenvalue weighted by Crippen LogP contribution is 2.30. The van der Waals surface area contributed by atoms with Gasteiger partial charge in [0.1, 0.15) is 5.75 Å². The van der Waals surface area contributed by atoms with Gasteiger partial charge >= 0.3 is 12.3 Å². The first-order valence-electron chi connectivity index (χ1n) is 4.25. The van der Waals surface area contributed by atoms with E-state index in [2.05, 4.69) is 4.74 Å². The van der Waals surface area contributed by atoms with Crippen molar-refractivity contribution in [3.63, 3.8) is 0 Å². The molecule has 0 saturated heterocycles. The summed E-state index contributed by atoms with van der Waals surface area (Å²) in [5.41, 5.74) is 0.0767. The zero-order valence-corrected chi connectivity index (χ0v) is 10.3. The summed E-state index contributed by atoms with van der Waals surface area (Å²) in [5, 5.41) is 8.44. The largest absolute Gasteiger partial charge is 0.573 e. The number of carboxylic acid groups (broad SMARTS) is 1. The average molecular weight is 358 g/mol. The number of hydrogen-bond acceptors (Lipinski definition) is 2. The molecule has 0 aliphatic carbocycles. The molecular formula is C10H6F3IO3. The lowest BCUT2D eigenvalue weighted by atomic mass is 10.2. The zero-order chi connectivity index (χ0) is 13.1. The van der Waals surface area contributed by atoms with Crippen LogP contribution in [0, 0.1) is 3.57 Å². The quantitative estimate of drug-likeness (QED) is 0.667. The van der Waals surface area contributed by atoms with Crippen LogP contribution in [0.15, 0.2) is 24.3 Å². The Bertz CT molecular complexity index is 455. The molecule has 0 heterocycles. The van der Waals surface area contributed by atoms with Crippen LogP contribution in [0.4, 0.5) is 13.2 Å². The number of halogens is 4. The van der Waals surface area contributed by atoms with Gasteiger partial charge in [-0.05, 0) is 40.8 Å². The van der Waals surface area contributed by atoms with Crippen molar-refractivity contribution < 1.29 is 27.8 Å². The molecule has 0 bridgehead atoms. The molecule has 0 aromatic heterocycles. The van der Waals surface area contributed by atoms with Crippen molar-refractivity contribution in [2.24, 2.45) is 0 Å². The van der Waals surface area contributed by atoms with Crippen LogP contribution in [0.3, 0.4) is 0 Å². The van der Waals surface area contributed by atoms with Gasteiger partial charge in [0.15, 0.2) is 0 Å². The molecule has 1 aromatic carbocycles. The highest BCUT2D eigenvalue weighted by Gasteiger charge is 2.32. The third-order valence-electron chi connectivity index (χ3n) is 1.63. The summed E-state index contributed by atoms with van der Waals surface area (Å²) in [5.74, 6) is -1.68. The molecule has 0 aliphatic heterocycles. The molecule has 7 heteroatoms. The van der Waals surface area contributed by atoms with Crippen molar-refractivity contribution >= 4 is 34.6 Å². The molecule has 0 atom stereocenters. The highest BCUT2D eigenvalue weighted by molar-refractivity contribution is 14.1. The Morgan fingerprint density at radius 2 is 2.06 bits per heavy atom. The van der Waals surface area contributed by atoms with Gasteiger partial charge < -0.3 is 9.84 Å². The number of carbonyl (C=O) groups is 1. The Morgan fingerprint density at radius 1 is 1.41 bits per heavy atom. The van der Waals surface area contributed by atoms with Gasteiger partial charge in [-0.15, -0.1) is 13.2 Å². The molecule has 0 saturated carbocycles. The van der Waals surface area contributed by atoms with Gasteiger partial charge in [-0.3, -0.25) is 0 Å². The third-order valence-corrected chi connectivity index (χ3v) is 2.57. The van der Waals surface area contributed by atoms with Crippen molar-refractivity contribution in [3.05, 3.63) is 33.4 Å². The molecule has 0 aliphatic rings. The van der Waals surface area contributed by atoms with Crippen LogP contribution in [-0.4, -0.2) is 17.4 Å². The number of alkyl halides is 3. The van der Waals surface area contributed by atoms with Crippen LogP contribution in [0.2, 0.25) is 0 Å². The average Bonchev–Trinajstić information content (AvgIpc) is 2.13. The molecule has 92 valence electrons. The standard InChI is InChI=1S/C10H6F3IO3/c11-10(12,13)17-8-3-1-2-7(14)6(8)4-5-9(15)16/h1-5H,(H,15,16)/b5-4+. The fraction of sp³-hybridized carbons (Fsp3) is 0.100. The Kier molecular flexibility index (Phi) is 4.38. The molecular weight excluding hydrogens is 352 g/mol. The van der Waals surface area contributed by atoms with Crippen LogP contribution in [0.5, 0.6) is 5.75 Å². The summed E-state index contributed by atoms with van der Waals surface area (Å²) >= 11 is 1.79. The van der Waals surface area contributed by atoms with E-state index in [1.165, 1.54) is 6.07 Å². The molecule has 3 nitrogen and oxygen atoms in total. The van der Waals surface area contributed by atoms with Crippen LogP contribution in [0.25, 0.3) is 6.08 Å². The summed E-state index contributed by atoms with van der Waals surface area (Å²) in [4.78, 5) is 10.3. The van der Waals surface area contributed by atoms with Gasteiger partial charge in [-0.1, -0.05) is 6.07 Å². The second kappa shape index (κ2) is 5.39. The lowest BCUT2D eigenvalue weighted by Gasteiger charge is -2.12. The minimum absolute atomic E-state index is 0.0767. The maximum Gasteiger partial charge on any atom is 0.573 e. The number of benzene rings is 1. The molecule has 0 unspecified atom stereocenters. The van der Waals surface area contributed by atoms with Gasteiger partial charge in [0.05, 0.1) is 0 Å². The molecule has 0 amide bonds. The number of hydrogen-bond donors (Lipinski definition) is 1. The lowest BCUT2D eigenvalue weighted by molar-refractivity contribution is -0.274. The van der Waals surface area contributed by atoms with E-state index in [0.717, 1.165) is 18.2 Å². The molecule has 0 radical (unpaired) electrons. The van der Waals surface area contributed by atoms with Gasteiger partial charge in [0.25, 0.3) is 0 Å². The normalized spacial score (nSPS) is 11.8. The Balaban J connectivity index is 3.13. The van der Waals surface area contributed by atoms with E-state index >= 15 is 0 Å². The molecule has 1 rings (SSSR count). The maximum atomic E-state index is 12.1. The zero-order valence-electron chi connectivity index (χ0n) is 8.16. The predicted molar refractivity (Wildman–Crippen MR) is 62.5 cm³/mol. The summed E-state index contributed by atoms with van der Waals surface area (Å²) in [6, 6.07) is 4.06. The monoisotopic (exact) mass is 358 g/mol. The SMILES string of the molecule is O=C(O)/C=C/c1c(I)cccc1OC(F)(F)F. The fourth-order valence-corrected chi connectivity index (χ4v) is 1.70. The molecule has 0 spiro atoms. The summed E-state index contributed by atoms with van der Waals surface area (Å²) in [6.07, 6.45) is -3.00. The topological polar surface area (TPSA) is 46.5 Å². The van der Waals surface area contributed by atoms with Crippen molar-refractivity contribution in [3.8, 4) is 5.75 Å². The van der Waals surface area contributed by atoms with E-state index in [9.17, 15) is 18.0 Å². The van der Waals surface area contributed by atoms with Crippen molar-refractivity contribution in [2.45, 2.75) is 6.36 Å². The van der Waals surface area contributed by atoms with E-state index in [-0.39, 0.29) is 5.56 Å². The van der Waals surface area contributed by atoms with E-state index in [1.54, 1.807) is 28.7 Å². The minimum Gasteiger partial charge on any atom is -0.478 e. The fourth-order valence-electron chi connectivity index (χ4n) is 1.05. The van der Waals surface area contributed by atoms with Gasteiger partial charge in [-0.25, -0.2) is 4.79 Å². The summed E-state index contributed by atoms with van der Waals surface area (Å²) in [7, 11) is 0. The van der Waals surface area contributed by atoms with Crippen molar-refractivity contribution in [1.29, 1.82) is 0 Å². The number of rotatable bonds is 3.